The lowest BCUT2D eigenvalue weighted by Gasteiger charge is -2.36. The summed E-state index contributed by atoms with van der Waals surface area (Å²) < 4.78 is 13.0. The smallest absolute Gasteiger partial charge is 0.251 e. The summed E-state index contributed by atoms with van der Waals surface area (Å²) in [6.45, 7) is 3.97. The van der Waals surface area contributed by atoms with Crippen LogP contribution in [-0.2, 0) is 0 Å². The molecule has 0 unspecified atom stereocenters. The molecule has 0 bridgehead atoms. The first-order chi connectivity index (χ1) is 13.1. The van der Waals surface area contributed by atoms with Crippen molar-refractivity contribution >= 4 is 17.6 Å². The van der Waals surface area contributed by atoms with Crippen LogP contribution in [-0.4, -0.2) is 56.0 Å². The van der Waals surface area contributed by atoms with Crippen molar-refractivity contribution in [3.05, 3.63) is 66.0 Å². The van der Waals surface area contributed by atoms with E-state index >= 15 is 0 Å². The Morgan fingerprint density at radius 1 is 1.04 bits per heavy atom. The molecular weight excluding hydrogens is 345 g/mol. The second-order valence-electron chi connectivity index (χ2n) is 6.31. The maximum Gasteiger partial charge on any atom is 0.251 e. The molecule has 0 spiro atoms. The highest BCUT2D eigenvalue weighted by Crippen LogP contribution is 2.16. The Bertz CT molecular complexity index is 771. The Balaban J connectivity index is 1.41. The van der Waals surface area contributed by atoms with Gasteiger partial charge in [-0.3, -0.25) is 9.79 Å². The topological polar surface area (TPSA) is 74.0 Å². The average Bonchev–Trinajstić information content (AvgIpc) is 2.72. The number of aliphatic imine (C=N–C) groups is 1. The first-order valence-corrected chi connectivity index (χ1v) is 9.02. The van der Waals surface area contributed by atoms with Crippen LogP contribution in [0.1, 0.15) is 10.4 Å². The Morgan fingerprint density at radius 2 is 1.70 bits per heavy atom. The van der Waals surface area contributed by atoms with Crippen LogP contribution >= 0.6 is 0 Å². The van der Waals surface area contributed by atoms with Crippen LogP contribution in [0.5, 0.6) is 0 Å². The van der Waals surface area contributed by atoms with Crippen LogP contribution in [0.3, 0.4) is 0 Å². The molecule has 3 rings (SSSR count). The van der Waals surface area contributed by atoms with Gasteiger partial charge in [0.1, 0.15) is 5.82 Å². The standard InChI is InChI=1S/C20H24FN5O/c21-17-6-8-18(9-7-17)25-12-14-26(15-13-25)20(22)24-11-10-23-19(27)16-4-2-1-3-5-16/h1-9H,10-15H2,(H2,22,24)(H,23,27). The van der Waals surface area contributed by atoms with E-state index in [0.717, 1.165) is 31.9 Å². The number of carbonyl (C=O) groups is 1. The Labute approximate surface area is 158 Å². The van der Waals surface area contributed by atoms with Gasteiger partial charge in [0.05, 0.1) is 6.54 Å². The summed E-state index contributed by atoms with van der Waals surface area (Å²) in [4.78, 5) is 20.5. The number of benzene rings is 2. The van der Waals surface area contributed by atoms with Crippen molar-refractivity contribution in [2.45, 2.75) is 0 Å². The molecule has 1 heterocycles. The first-order valence-electron chi connectivity index (χ1n) is 9.02. The van der Waals surface area contributed by atoms with Crippen LogP contribution in [0, 0.1) is 5.82 Å². The predicted molar refractivity (Wildman–Crippen MR) is 105 cm³/mol. The number of nitrogens with zero attached hydrogens (tertiary/aromatic N) is 3. The Kier molecular flexibility index (Phi) is 6.25. The summed E-state index contributed by atoms with van der Waals surface area (Å²) in [6.07, 6.45) is 0. The molecule has 0 radical (unpaired) electrons. The van der Waals surface area contributed by atoms with Gasteiger partial charge in [-0.05, 0) is 36.4 Å². The molecule has 1 amide bonds. The van der Waals surface area contributed by atoms with Crippen LogP contribution in [0.2, 0.25) is 0 Å². The molecule has 0 aliphatic carbocycles. The van der Waals surface area contributed by atoms with Gasteiger partial charge in [-0.15, -0.1) is 0 Å². The van der Waals surface area contributed by atoms with Gasteiger partial charge in [0.15, 0.2) is 5.96 Å². The number of anilines is 1. The fraction of sp³-hybridized carbons (Fsp3) is 0.300. The van der Waals surface area contributed by atoms with Crippen molar-refractivity contribution in [3.63, 3.8) is 0 Å². The average molecular weight is 369 g/mol. The monoisotopic (exact) mass is 369 g/mol. The van der Waals surface area contributed by atoms with E-state index in [2.05, 4.69) is 15.2 Å². The van der Waals surface area contributed by atoms with Crippen molar-refractivity contribution in [1.82, 2.24) is 10.2 Å². The van der Waals surface area contributed by atoms with Crippen LogP contribution in [0.25, 0.3) is 0 Å². The van der Waals surface area contributed by atoms with Crippen molar-refractivity contribution in [2.24, 2.45) is 10.7 Å². The highest BCUT2D eigenvalue weighted by atomic mass is 19.1. The van der Waals surface area contributed by atoms with E-state index in [4.69, 9.17) is 5.73 Å². The molecule has 2 aromatic carbocycles. The van der Waals surface area contributed by atoms with Gasteiger partial charge in [-0.1, -0.05) is 18.2 Å². The number of hydrogen-bond acceptors (Lipinski definition) is 3. The minimum Gasteiger partial charge on any atom is -0.370 e. The van der Waals surface area contributed by atoms with E-state index in [1.165, 1.54) is 12.1 Å². The maximum absolute atomic E-state index is 13.0. The molecular formula is C20H24FN5O. The lowest BCUT2D eigenvalue weighted by Crippen LogP contribution is -2.51. The molecule has 1 saturated heterocycles. The van der Waals surface area contributed by atoms with Crippen molar-refractivity contribution in [2.75, 3.05) is 44.2 Å². The largest absolute Gasteiger partial charge is 0.370 e. The third-order valence-corrected chi connectivity index (χ3v) is 4.50. The van der Waals surface area contributed by atoms with E-state index in [9.17, 15) is 9.18 Å². The van der Waals surface area contributed by atoms with Gasteiger partial charge in [-0.25, -0.2) is 4.39 Å². The minimum atomic E-state index is -0.229. The zero-order valence-electron chi connectivity index (χ0n) is 15.1. The maximum atomic E-state index is 13.0. The molecule has 7 heteroatoms. The highest BCUT2D eigenvalue weighted by Gasteiger charge is 2.18. The summed E-state index contributed by atoms with van der Waals surface area (Å²) in [5, 5.41) is 2.83. The van der Waals surface area contributed by atoms with E-state index in [1.807, 2.05) is 23.1 Å². The van der Waals surface area contributed by atoms with Crippen molar-refractivity contribution in [1.29, 1.82) is 0 Å². The number of nitrogens with two attached hydrogens (primary N) is 1. The molecule has 1 aliphatic heterocycles. The quantitative estimate of drug-likeness (QED) is 0.478. The van der Waals surface area contributed by atoms with Crippen LogP contribution < -0.4 is 16.0 Å². The van der Waals surface area contributed by atoms with Gasteiger partial charge in [0.25, 0.3) is 5.91 Å². The summed E-state index contributed by atoms with van der Waals surface area (Å²) in [7, 11) is 0. The Morgan fingerprint density at radius 3 is 2.37 bits per heavy atom. The molecule has 1 fully saturated rings. The second-order valence-corrected chi connectivity index (χ2v) is 6.31. The van der Waals surface area contributed by atoms with E-state index in [0.29, 0.717) is 24.6 Å². The molecule has 0 aromatic heterocycles. The Hall–Kier alpha value is -3.09. The normalized spacial score (nSPS) is 14.9. The van der Waals surface area contributed by atoms with Gasteiger partial charge in [-0.2, -0.15) is 0 Å². The summed E-state index contributed by atoms with van der Waals surface area (Å²) in [5.41, 5.74) is 7.72. The number of halogens is 1. The molecule has 6 nitrogen and oxygen atoms in total. The fourth-order valence-electron chi connectivity index (χ4n) is 2.98. The SMILES string of the molecule is NC(=NCCNC(=O)c1ccccc1)N1CCN(c2ccc(F)cc2)CC1. The number of amides is 1. The van der Waals surface area contributed by atoms with Gasteiger partial charge in [0, 0.05) is 44.0 Å². The van der Waals surface area contributed by atoms with Gasteiger partial charge in [0.2, 0.25) is 0 Å². The second kappa shape index (κ2) is 9.02. The summed E-state index contributed by atoms with van der Waals surface area (Å²) in [6, 6.07) is 15.6. The van der Waals surface area contributed by atoms with Crippen molar-refractivity contribution in [3.8, 4) is 0 Å². The number of nitrogens with one attached hydrogen (secondary N) is 1. The fourth-order valence-corrected chi connectivity index (χ4v) is 2.98. The lowest BCUT2D eigenvalue weighted by atomic mass is 10.2. The minimum absolute atomic E-state index is 0.114. The first kappa shape index (κ1) is 18.7. The molecule has 142 valence electrons. The zero-order valence-corrected chi connectivity index (χ0v) is 15.1. The summed E-state index contributed by atoms with van der Waals surface area (Å²) in [5.74, 6) is 0.146. The van der Waals surface area contributed by atoms with E-state index < -0.39 is 0 Å². The molecule has 1 aliphatic rings. The van der Waals surface area contributed by atoms with Crippen LogP contribution in [0.15, 0.2) is 59.6 Å². The number of piperazine rings is 1. The number of guanidine groups is 1. The number of hydrogen-bond donors (Lipinski definition) is 2. The molecule has 0 atom stereocenters. The van der Waals surface area contributed by atoms with Crippen LogP contribution in [0.4, 0.5) is 10.1 Å². The van der Waals surface area contributed by atoms with Gasteiger partial charge < -0.3 is 20.9 Å². The molecule has 27 heavy (non-hydrogen) atoms. The van der Waals surface area contributed by atoms with Gasteiger partial charge >= 0.3 is 0 Å². The molecule has 2 aromatic rings. The van der Waals surface area contributed by atoms with E-state index in [1.54, 1.807) is 24.3 Å². The number of carbonyl (C=O) groups excluding carboxylic acids is 1. The molecule has 0 saturated carbocycles. The third-order valence-electron chi connectivity index (χ3n) is 4.50. The third kappa shape index (κ3) is 5.20. The van der Waals surface area contributed by atoms with E-state index in [-0.39, 0.29) is 11.7 Å². The number of rotatable bonds is 5. The summed E-state index contributed by atoms with van der Waals surface area (Å²) >= 11 is 0. The highest BCUT2D eigenvalue weighted by molar-refractivity contribution is 5.94. The predicted octanol–water partition coefficient (Wildman–Crippen LogP) is 1.69. The zero-order chi connectivity index (χ0) is 19.1. The van der Waals surface area contributed by atoms with Crippen molar-refractivity contribution < 1.29 is 9.18 Å². The molecule has 3 N–H and O–H groups in total. The lowest BCUT2D eigenvalue weighted by molar-refractivity contribution is 0.0955.